The molecule has 0 aliphatic heterocycles. The first-order chi connectivity index (χ1) is 9.36. The van der Waals surface area contributed by atoms with Crippen molar-refractivity contribution >= 4 is 0 Å². The maximum Gasteiger partial charge on any atom is 0.0233 e. The lowest BCUT2D eigenvalue weighted by Crippen LogP contribution is -2.27. The van der Waals surface area contributed by atoms with Crippen LogP contribution in [-0.2, 0) is 6.54 Å². The van der Waals surface area contributed by atoms with E-state index < -0.39 is 0 Å². The number of nitrogens with two attached hydrogens (primary N) is 1. The SMILES string of the molecule is C=CCCCCCN(CCCN)Cc1ccccc1. The maximum absolute atomic E-state index is 5.63. The van der Waals surface area contributed by atoms with Crippen molar-refractivity contribution in [1.82, 2.24) is 4.90 Å². The Labute approximate surface area is 118 Å². The second kappa shape index (κ2) is 10.8. The molecule has 0 saturated carbocycles. The number of nitrogens with zero attached hydrogens (tertiary/aromatic N) is 1. The fourth-order valence-corrected chi connectivity index (χ4v) is 2.23. The van der Waals surface area contributed by atoms with Crippen molar-refractivity contribution in [2.24, 2.45) is 5.73 Å². The van der Waals surface area contributed by atoms with E-state index in [4.69, 9.17) is 5.73 Å². The number of hydrogen-bond donors (Lipinski definition) is 1. The standard InChI is InChI=1S/C17H28N2/c1-2-3-4-5-9-14-19(15-10-13-18)16-17-11-7-6-8-12-17/h2,6-8,11-12H,1,3-5,9-10,13-16,18H2. The van der Waals surface area contributed by atoms with Crippen LogP contribution in [-0.4, -0.2) is 24.5 Å². The summed E-state index contributed by atoms with van der Waals surface area (Å²) in [6.45, 7) is 7.87. The first-order valence-corrected chi connectivity index (χ1v) is 7.44. The van der Waals surface area contributed by atoms with E-state index in [1.165, 1.54) is 31.4 Å². The van der Waals surface area contributed by atoms with E-state index in [-0.39, 0.29) is 0 Å². The molecule has 0 unspecified atom stereocenters. The van der Waals surface area contributed by atoms with Crippen LogP contribution in [0.5, 0.6) is 0 Å². The molecule has 0 fully saturated rings. The van der Waals surface area contributed by atoms with E-state index in [0.717, 1.165) is 32.5 Å². The van der Waals surface area contributed by atoms with Gasteiger partial charge in [0.25, 0.3) is 0 Å². The molecule has 0 radical (unpaired) electrons. The Hall–Kier alpha value is -1.12. The largest absolute Gasteiger partial charge is 0.330 e. The molecular formula is C17H28N2. The zero-order valence-corrected chi connectivity index (χ0v) is 12.1. The van der Waals surface area contributed by atoms with Crippen molar-refractivity contribution in [3.05, 3.63) is 48.6 Å². The van der Waals surface area contributed by atoms with E-state index in [2.05, 4.69) is 41.8 Å². The summed E-state index contributed by atoms with van der Waals surface area (Å²) in [5, 5.41) is 0. The molecule has 2 nitrogen and oxygen atoms in total. The van der Waals surface area contributed by atoms with Gasteiger partial charge >= 0.3 is 0 Å². The molecule has 1 rings (SSSR count). The van der Waals surface area contributed by atoms with Crippen molar-refractivity contribution in [3.63, 3.8) is 0 Å². The Bertz CT molecular complexity index is 321. The minimum atomic E-state index is 0.780. The van der Waals surface area contributed by atoms with E-state index in [1.54, 1.807) is 0 Å². The fourth-order valence-electron chi connectivity index (χ4n) is 2.23. The number of allylic oxidation sites excluding steroid dienone is 1. The van der Waals surface area contributed by atoms with Crippen LogP contribution < -0.4 is 5.73 Å². The van der Waals surface area contributed by atoms with E-state index in [0.29, 0.717) is 0 Å². The molecule has 2 heteroatoms. The Kier molecular flexibility index (Phi) is 9.03. The van der Waals surface area contributed by atoms with Crippen LogP contribution in [0.2, 0.25) is 0 Å². The minimum absolute atomic E-state index is 0.780. The van der Waals surface area contributed by atoms with Gasteiger partial charge < -0.3 is 5.73 Å². The summed E-state index contributed by atoms with van der Waals surface area (Å²) in [5.41, 5.74) is 7.02. The average Bonchev–Trinajstić information content (AvgIpc) is 2.45. The molecule has 0 heterocycles. The van der Waals surface area contributed by atoms with Gasteiger partial charge in [-0.15, -0.1) is 6.58 Å². The summed E-state index contributed by atoms with van der Waals surface area (Å²) in [5.74, 6) is 0. The summed E-state index contributed by atoms with van der Waals surface area (Å²) in [7, 11) is 0. The zero-order valence-electron chi connectivity index (χ0n) is 12.1. The predicted octanol–water partition coefficient (Wildman–Crippen LogP) is 3.58. The minimum Gasteiger partial charge on any atom is -0.330 e. The molecule has 0 bridgehead atoms. The van der Waals surface area contributed by atoms with Gasteiger partial charge in [0.1, 0.15) is 0 Å². The molecule has 1 aromatic rings. The lowest BCUT2D eigenvalue weighted by Gasteiger charge is -2.22. The summed E-state index contributed by atoms with van der Waals surface area (Å²) < 4.78 is 0. The van der Waals surface area contributed by atoms with Crippen molar-refractivity contribution in [2.75, 3.05) is 19.6 Å². The number of unbranched alkanes of at least 4 members (excludes halogenated alkanes) is 3. The van der Waals surface area contributed by atoms with Crippen LogP contribution in [0.1, 0.15) is 37.7 Å². The van der Waals surface area contributed by atoms with Gasteiger partial charge in [-0.1, -0.05) is 42.8 Å². The first kappa shape index (κ1) is 15.9. The number of benzene rings is 1. The topological polar surface area (TPSA) is 29.3 Å². The summed E-state index contributed by atoms with van der Waals surface area (Å²) in [6.07, 6.45) is 8.06. The molecule has 0 saturated heterocycles. The quantitative estimate of drug-likeness (QED) is 0.487. The third-order valence-electron chi connectivity index (χ3n) is 3.31. The zero-order chi connectivity index (χ0) is 13.8. The number of hydrogen-bond acceptors (Lipinski definition) is 2. The van der Waals surface area contributed by atoms with Gasteiger partial charge in [0, 0.05) is 6.54 Å². The molecule has 0 aromatic heterocycles. The highest BCUT2D eigenvalue weighted by atomic mass is 15.1. The van der Waals surface area contributed by atoms with Gasteiger partial charge in [0.15, 0.2) is 0 Å². The number of rotatable bonds is 11. The Morgan fingerprint density at radius 3 is 2.42 bits per heavy atom. The van der Waals surface area contributed by atoms with Gasteiger partial charge in [0.2, 0.25) is 0 Å². The Morgan fingerprint density at radius 2 is 1.74 bits per heavy atom. The van der Waals surface area contributed by atoms with Crippen LogP contribution in [0.4, 0.5) is 0 Å². The lowest BCUT2D eigenvalue weighted by atomic mass is 10.1. The molecule has 0 atom stereocenters. The van der Waals surface area contributed by atoms with Crippen LogP contribution >= 0.6 is 0 Å². The fraction of sp³-hybridized carbons (Fsp3) is 0.529. The van der Waals surface area contributed by atoms with Crippen LogP contribution in [0.25, 0.3) is 0 Å². The third kappa shape index (κ3) is 7.81. The van der Waals surface area contributed by atoms with E-state index in [9.17, 15) is 0 Å². The van der Waals surface area contributed by atoms with Gasteiger partial charge in [-0.3, -0.25) is 4.90 Å². The molecule has 1 aromatic carbocycles. The van der Waals surface area contributed by atoms with Gasteiger partial charge in [-0.25, -0.2) is 0 Å². The second-order valence-electron chi connectivity index (χ2n) is 5.04. The highest BCUT2D eigenvalue weighted by Crippen LogP contribution is 2.08. The van der Waals surface area contributed by atoms with Crippen LogP contribution in [0.3, 0.4) is 0 Å². The third-order valence-corrected chi connectivity index (χ3v) is 3.31. The monoisotopic (exact) mass is 260 g/mol. The predicted molar refractivity (Wildman–Crippen MR) is 84.1 cm³/mol. The van der Waals surface area contributed by atoms with Gasteiger partial charge in [0.05, 0.1) is 0 Å². The average molecular weight is 260 g/mol. The first-order valence-electron chi connectivity index (χ1n) is 7.44. The molecule has 0 spiro atoms. The van der Waals surface area contributed by atoms with Crippen molar-refractivity contribution < 1.29 is 0 Å². The normalized spacial score (nSPS) is 10.8. The van der Waals surface area contributed by atoms with Crippen molar-refractivity contribution in [2.45, 2.75) is 38.6 Å². The van der Waals surface area contributed by atoms with Crippen LogP contribution in [0.15, 0.2) is 43.0 Å². The highest BCUT2D eigenvalue weighted by Gasteiger charge is 2.05. The maximum atomic E-state index is 5.63. The molecule has 0 aliphatic carbocycles. The molecule has 0 aliphatic rings. The summed E-state index contributed by atoms with van der Waals surface area (Å²) in [4.78, 5) is 2.52. The van der Waals surface area contributed by atoms with Crippen molar-refractivity contribution in [3.8, 4) is 0 Å². The molecular weight excluding hydrogens is 232 g/mol. The van der Waals surface area contributed by atoms with E-state index >= 15 is 0 Å². The molecule has 19 heavy (non-hydrogen) atoms. The van der Waals surface area contributed by atoms with Gasteiger partial charge in [-0.2, -0.15) is 0 Å². The van der Waals surface area contributed by atoms with Crippen molar-refractivity contribution in [1.29, 1.82) is 0 Å². The molecule has 0 amide bonds. The van der Waals surface area contributed by atoms with Gasteiger partial charge in [-0.05, 0) is 50.9 Å². The lowest BCUT2D eigenvalue weighted by molar-refractivity contribution is 0.257. The van der Waals surface area contributed by atoms with E-state index in [1.807, 2.05) is 6.08 Å². The second-order valence-corrected chi connectivity index (χ2v) is 5.04. The summed E-state index contributed by atoms with van der Waals surface area (Å²) >= 11 is 0. The smallest absolute Gasteiger partial charge is 0.0233 e. The molecule has 2 N–H and O–H groups in total. The van der Waals surface area contributed by atoms with Crippen LogP contribution in [0, 0.1) is 0 Å². The highest BCUT2D eigenvalue weighted by molar-refractivity contribution is 5.14. The Morgan fingerprint density at radius 1 is 1.00 bits per heavy atom. The summed E-state index contributed by atoms with van der Waals surface area (Å²) in [6, 6.07) is 10.7. The molecule has 106 valence electrons. The Balaban J connectivity index is 2.31.